The Bertz CT molecular complexity index is 417. The molecule has 2 N–H and O–H groups in total. The molecule has 1 aromatic rings. The molecule has 1 amide bonds. The van der Waals surface area contributed by atoms with Crippen LogP contribution in [0.2, 0.25) is 0 Å². The van der Waals surface area contributed by atoms with E-state index >= 15 is 0 Å². The minimum Gasteiger partial charge on any atom is -0.477 e. The summed E-state index contributed by atoms with van der Waals surface area (Å²) < 4.78 is 5.21. The average Bonchev–Trinajstić information content (AvgIpc) is 2.42. The maximum Gasteiger partial charge on any atom is 0.354 e. The summed E-state index contributed by atoms with van der Waals surface area (Å²) in [6.45, 7) is 3.41. The van der Waals surface area contributed by atoms with Crippen LogP contribution in [0, 0.1) is 0 Å². The third-order valence-corrected chi connectivity index (χ3v) is 2.36. The summed E-state index contributed by atoms with van der Waals surface area (Å²) in [4.78, 5) is 25.8. The monoisotopic (exact) mass is 266 g/mol. The lowest BCUT2D eigenvalue weighted by Gasteiger charge is -2.05. The third kappa shape index (κ3) is 5.96. The Morgan fingerprint density at radius 1 is 1.37 bits per heavy atom. The molecule has 6 nitrogen and oxygen atoms in total. The number of nitrogens with zero attached hydrogens (tertiary/aromatic N) is 1. The summed E-state index contributed by atoms with van der Waals surface area (Å²) in [7, 11) is 0. The number of carbonyl (C=O) groups excluding carboxylic acids is 1. The van der Waals surface area contributed by atoms with E-state index in [1.807, 2.05) is 6.92 Å². The maximum absolute atomic E-state index is 11.4. The molecular formula is C13H18N2O4. The molecule has 0 aliphatic heterocycles. The zero-order chi connectivity index (χ0) is 14.1. The van der Waals surface area contributed by atoms with Gasteiger partial charge in [-0.2, -0.15) is 0 Å². The molecule has 1 heterocycles. The van der Waals surface area contributed by atoms with Crippen molar-refractivity contribution >= 4 is 11.9 Å². The van der Waals surface area contributed by atoms with Crippen molar-refractivity contribution in [2.24, 2.45) is 0 Å². The zero-order valence-corrected chi connectivity index (χ0v) is 10.9. The second-order valence-corrected chi connectivity index (χ2v) is 4.00. The van der Waals surface area contributed by atoms with Crippen molar-refractivity contribution in [2.75, 3.05) is 13.2 Å². The van der Waals surface area contributed by atoms with Gasteiger partial charge in [0, 0.05) is 25.8 Å². The first kappa shape index (κ1) is 15.1. The van der Waals surface area contributed by atoms with E-state index in [1.165, 1.54) is 12.3 Å². The van der Waals surface area contributed by atoms with Crippen LogP contribution in [0.5, 0.6) is 0 Å². The van der Waals surface area contributed by atoms with Crippen LogP contribution in [-0.4, -0.2) is 35.2 Å². The van der Waals surface area contributed by atoms with E-state index in [1.54, 1.807) is 6.07 Å². The average molecular weight is 266 g/mol. The largest absolute Gasteiger partial charge is 0.477 e. The van der Waals surface area contributed by atoms with E-state index in [0.717, 1.165) is 12.0 Å². The van der Waals surface area contributed by atoms with E-state index in [4.69, 9.17) is 9.84 Å². The van der Waals surface area contributed by atoms with Gasteiger partial charge in [-0.15, -0.1) is 0 Å². The molecule has 0 saturated heterocycles. The van der Waals surface area contributed by atoms with Crippen molar-refractivity contribution in [3.05, 3.63) is 29.6 Å². The van der Waals surface area contributed by atoms with Gasteiger partial charge < -0.3 is 15.2 Å². The summed E-state index contributed by atoms with van der Waals surface area (Å²) >= 11 is 0. The van der Waals surface area contributed by atoms with Gasteiger partial charge in [0.1, 0.15) is 5.69 Å². The van der Waals surface area contributed by atoms with Crippen molar-refractivity contribution in [3.63, 3.8) is 0 Å². The molecule has 0 spiro atoms. The van der Waals surface area contributed by atoms with Crippen molar-refractivity contribution in [1.82, 2.24) is 10.3 Å². The second kappa shape index (κ2) is 8.20. The number of pyridine rings is 1. The predicted octanol–water partition coefficient (Wildman–Crippen LogP) is 1.21. The molecule has 0 unspecified atom stereocenters. The Morgan fingerprint density at radius 3 is 2.74 bits per heavy atom. The first-order valence-electron chi connectivity index (χ1n) is 6.16. The van der Waals surface area contributed by atoms with Crippen molar-refractivity contribution in [3.8, 4) is 0 Å². The fourth-order valence-electron chi connectivity index (χ4n) is 1.36. The number of nitrogens with one attached hydrogen (secondary N) is 1. The number of carboxylic acid groups (broad SMARTS) is 1. The Kier molecular flexibility index (Phi) is 6.52. The van der Waals surface area contributed by atoms with E-state index in [-0.39, 0.29) is 11.6 Å². The van der Waals surface area contributed by atoms with Crippen LogP contribution in [0.15, 0.2) is 18.3 Å². The van der Waals surface area contributed by atoms with E-state index in [0.29, 0.717) is 26.2 Å². The molecule has 1 rings (SSSR count). The minimum absolute atomic E-state index is 0.0111. The molecular weight excluding hydrogens is 248 g/mol. The van der Waals surface area contributed by atoms with E-state index < -0.39 is 5.97 Å². The van der Waals surface area contributed by atoms with Crippen molar-refractivity contribution in [1.29, 1.82) is 0 Å². The van der Waals surface area contributed by atoms with Crippen molar-refractivity contribution in [2.45, 2.75) is 26.3 Å². The molecule has 0 aliphatic carbocycles. The van der Waals surface area contributed by atoms with E-state index in [2.05, 4.69) is 10.3 Å². The normalized spacial score (nSPS) is 10.2. The highest BCUT2D eigenvalue weighted by Crippen LogP contribution is 2.00. The molecule has 0 fully saturated rings. The van der Waals surface area contributed by atoms with Crippen molar-refractivity contribution < 1.29 is 19.4 Å². The molecule has 0 radical (unpaired) electrons. The van der Waals surface area contributed by atoms with Gasteiger partial charge in [0.2, 0.25) is 5.91 Å². The molecule has 1 aromatic heterocycles. The van der Waals surface area contributed by atoms with Gasteiger partial charge in [-0.3, -0.25) is 4.79 Å². The third-order valence-electron chi connectivity index (χ3n) is 2.36. The van der Waals surface area contributed by atoms with E-state index in [9.17, 15) is 9.59 Å². The Balaban J connectivity index is 2.28. The number of rotatable bonds is 8. The van der Waals surface area contributed by atoms with Crippen LogP contribution >= 0.6 is 0 Å². The highest BCUT2D eigenvalue weighted by Gasteiger charge is 2.05. The number of ether oxygens (including phenoxy) is 1. The highest BCUT2D eigenvalue weighted by atomic mass is 16.5. The highest BCUT2D eigenvalue weighted by molar-refractivity contribution is 5.85. The standard InChI is InChI=1S/C13H18N2O4/c1-2-6-19-7-5-12(16)15-9-10-3-4-11(13(17)18)14-8-10/h3-4,8H,2,5-7,9H2,1H3,(H,15,16)(H,17,18). The van der Waals surface area contributed by atoms with Gasteiger partial charge in [-0.25, -0.2) is 9.78 Å². The molecule has 19 heavy (non-hydrogen) atoms. The molecule has 0 aromatic carbocycles. The fraction of sp³-hybridized carbons (Fsp3) is 0.462. The van der Waals surface area contributed by atoms with Gasteiger partial charge in [0.05, 0.1) is 6.61 Å². The molecule has 0 aliphatic rings. The molecule has 6 heteroatoms. The second-order valence-electron chi connectivity index (χ2n) is 4.00. The Labute approximate surface area is 111 Å². The fourth-order valence-corrected chi connectivity index (χ4v) is 1.36. The van der Waals surface area contributed by atoms with Gasteiger partial charge in [-0.05, 0) is 18.1 Å². The van der Waals surface area contributed by atoms with Gasteiger partial charge in [0.25, 0.3) is 0 Å². The first-order chi connectivity index (χ1) is 9.13. The summed E-state index contributed by atoms with van der Waals surface area (Å²) in [6, 6.07) is 3.04. The van der Waals surface area contributed by atoms with Crippen LogP contribution in [-0.2, 0) is 16.1 Å². The molecule has 104 valence electrons. The predicted molar refractivity (Wildman–Crippen MR) is 68.8 cm³/mol. The van der Waals surface area contributed by atoms with Crippen LogP contribution < -0.4 is 5.32 Å². The number of amides is 1. The summed E-state index contributed by atoms with van der Waals surface area (Å²) in [5.41, 5.74) is 0.746. The molecule has 0 saturated carbocycles. The summed E-state index contributed by atoms with van der Waals surface area (Å²) in [5, 5.41) is 11.4. The number of hydrogen-bond donors (Lipinski definition) is 2. The SMILES string of the molecule is CCCOCCC(=O)NCc1ccc(C(=O)O)nc1. The lowest BCUT2D eigenvalue weighted by atomic mass is 10.2. The lowest BCUT2D eigenvalue weighted by molar-refractivity contribution is -0.122. The molecule has 0 bridgehead atoms. The lowest BCUT2D eigenvalue weighted by Crippen LogP contribution is -2.24. The smallest absolute Gasteiger partial charge is 0.354 e. The Hall–Kier alpha value is -1.95. The number of carbonyl (C=O) groups is 2. The Morgan fingerprint density at radius 2 is 2.16 bits per heavy atom. The topological polar surface area (TPSA) is 88.5 Å². The van der Waals surface area contributed by atoms with Gasteiger partial charge >= 0.3 is 5.97 Å². The number of aromatic carboxylic acids is 1. The van der Waals surface area contributed by atoms with Gasteiger partial charge in [-0.1, -0.05) is 13.0 Å². The maximum atomic E-state index is 11.4. The molecule has 0 atom stereocenters. The van der Waals surface area contributed by atoms with Crippen LogP contribution in [0.4, 0.5) is 0 Å². The number of hydrogen-bond acceptors (Lipinski definition) is 4. The van der Waals surface area contributed by atoms with Crippen LogP contribution in [0.1, 0.15) is 35.8 Å². The quantitative estimate of drug-likeness (QED) is 0.690. The number of carboxylic acids is 1. The zero-order valence-electron chi connectivity index (χ0n) is 10.9. The summed E-state index contributed by atoms with van der Waals surface area (Å²) in [6.07, 6.45) is 2.70. The van der Waals surface area contributed by atoms with Crippen LogP contribution in [0.25, 0.3) is 0 Å². The number of aromatic nitrogens is 1. The summed E-state index contributed by atoms with van der Waals surface area (Å²) in [5.74, 6) is -1.16. The van der Waals surface area contributed by atoms with Gasteiger partial charge in [0.15, 0.2) is 0 Å². The minimum atomic E-state index is -1.07. The van der Waals surface area contributed by atoms with Crippen LogP contribution in [0.3, 0.4) is 0 Å². The first-order valence-corrected chi connectivity index (χ1v) is 6.16.